The lowest BCUT2D eigenvalue weighted by atomic mass is 10.0. The summed E-state index contributed by atoms with van der Waals surface area (Å²) in [6.07, 6.45) is -5.32. The van der Waals surface area contributed by atoms with Crippen molar-refractivity contribution in [1.82, 2.24) is 10.6 Å². The van der Waals surface area contributed by atoms with Crippen molar-refractivity contribution >= 4 is 22.0 Å². The number of carbonyl (C=O) groups is 2. The molecule has 2 amide bonds. The van der Waals surface area contributed by atoms with Crippen LogP contribution in [0.4, 0.5) is 18.0 Å². The van der Waals surface area contributed by atoms with Crippen molar-refractivity contribution in [2.24, 2.45) is 5.14 Å². The summed E-state index contributed by atoms with van der Waals surface area (Å²) in [4.78, 5) is 21.8. The van der Waals surface area contributed by atoms with Crippen molar-refractivity contribution < 1.29 is 36.3 Å². The van der Waals surface area contributed by atoms with Crippen LogP contribution in [0.25, 0.3) is 0 Å². The molecule has 20 heavy (non-hydrogen) atoms. The number of nitrogens with one attached hydrogen (secondary N) is 2. The highest BCUT2D eigenvalue weighted by atomic mass is 32.2. The molecular weight excluding hydrogens is 307 g/mol. The van der Waals surface area contributed by atoms with Gasteiger partial charge in [0.1, 0.15) is 0 Å². The highest BCUT2D eigenvalue weighted by Crippen LogP contribution is 2.30. The van der Waals surface area contributed by atoms with Crippen molar-refractivity contribution in [3.63, 3.8) is 0 Å². The SMILES string of the molecule is CC(NC(=O)NCCCS(N)(=O)=O)(C(=O)O)C(F)(F)F. The van der Waals surface area contributed by atoms with E-state index in [-0.39, 0.29) is 13.0 Å². The van der Waals surface area contributed by atoms with E-state index in [1.54, 1.807) is 0 Å². The van der Waals surface area contributed by atoms with Crippen molar-refractivity contribution in [2.45, 2.75) is 25.1 Å². The predicted molar refractivity (Wildman–Crippen MR) is 61.2 cm³/mol. The van der Waals surface area contributed by atoms with E-state index in [9.17, 15) is 31.2 Å². The van der Waals surface area contributed by atoms with E-state index >= 15 is 0 Å². The summed E-state index contributed by atoms with van der Waals surface area (Å²) in [6.45, 7) is 0.00900. The van der Waals surface area contributed by atoms with Crippen LogP contribution in [0.1, 0.15) is 13.3 Å². The van der Waals surface area contributed by atoms with Gasteiger partial charge in [-0.25, -0.2) is 23.1 Å². The number of aliphatic carboxylic acids is 1. The molecular formula is C8H14F3N3O5S. The van der Waals surface area contributed by atoms with Crippen LogP contribution in [0.2, 0.25) is 0 Å². The van der Waals surface area contributed by atoms with Gasteiger partial charge in [-0.15, -0.1) is 0 Å². The minimum absolute atomic E-state index is 0.123. The fourth-order valence-electron chi connectivity index (χ4n) is 0.992. The Bertz CT molecular complexity index is 478. The molecule has 1 unspecified atom stereocenters. The van der Waals surface area contributed by atoms with E-state index in [1.165, 1.54) is 5.32 Å². The minimum Gasteiger partial charge on any atom is -0.479 e. The lowest BCUT2D eigenvalue weighted by Gasteiger charge is -2.28. The summed E-state index contributed by atoms with van der Waals surface area (Å²) >= 11 is 0. The fraction of sp³-hybridized carbons (Fsp3) is 0.750. The summed E-state index contributed by atoms with van der Waals surface area (Å²) in [5.74, 6) is -2.74. The highest BCUT2D eigenvalue weighted by Gasteiger charge is 2.58. The molecule has 0 aliphatic heterocycles. The van der Waals surface area contributed by atoms with Crippen LogP contribution < -0.4 is 15.8 Å². The van der Waals surface area contributed by atoms with E-state index in [2.05, 4.69) is 5.14 Å². The molecule has 0 radical (unpaired) electrons. The molecule has 0 fully saturated rings. The Balaban J connectivity index is 4.48. The summed E-state index contributed by atoms with van der Waals surface area (Å²) < 4.78 is 58.7. The average molecular weight is 321 g/mol. The smallest absolute Gasteiger partial charge is 0.422 e. The van der Waals surface area contributed by atoms with E-state index in [0.29, 0.717) is 6.92 Å². The molecule has 0 aromatic rings. The lowest BCUT2D eigenvalue weighted by molar-refractivity contribution is -0.203. The first-order valence-electron chi connectivity index (χ1n) is 5.16. The normalized spacial score (nSPS) is 15.2. The number of carbonyl (C=O) groups excluding carboxylic acids is 1. The maximum Gasteiger partial charge on any atom is 0.422 e. The van der Waals surface area contributed by atoms with Crippen LogP contribution in [0.15, 0.2) is 0 Å². The minimum atomic E-state index is -5.20. The number of rotatable bonds is 6. The molecule has 12 heteroatoms. The van der Waals surface area contributed by atoms with E-state index in [0.717, 1.165) is 0 Å². The summed E-state index contributed by atoms with van der Waals surface area (Å²) in [5.41, 5.74) is -3.45. The predicted octanol–water partition coefficient (Wildman–Crippen LogP) is -0.630. The Morgan fingerprint density at radius 3 is 2.15 bits per heavy atom. The van der Waals surface area contributed by atoms with Crippen LogP contribution in [-0.2, 0) is 14.8 Å². The number of sulfonamides is 1. The van der Waals surface area contributed by atoms with Gasteiger partial charge < -0.3 is 15.7 Å². The van der Waals surface area contributed by atoms with Crippen molar-refractivity contribution in [3.05, 3.63) is 0 Å². The third kappa shape index (κ3) is 5.61. The second-order valence-electron chi connectivity index (χ2n) is 4.03. The van der Waals surface area contributed by atoms with E-state index < -0.39 is 39.5 Å². The second-order valence-corrected chi connectivity index (χ2v) is 5.76. The topological polar surface area (TPSA) is 139 Å². The first kappa shape index (κ1) is 18.4. The van der Waals surface area contributed by atoms with Crippen LogP contribution >= 0.6 is 0 Å². The molecule has 0 saturated carbocycles. The lowest BCUT2D eigenvalue weighted by Crippen LogP contribution is -2.63. The van der Waals surface area contributed by atoms with E-state index in [4.69, 9.17) is 5.11 Å². The number of alkyl halides is 3. The van der Waals surface area contributed by atoms with Crippen molar-refractivity contribution in [2.75, 3.05) is 12.3 Å². The number of halogens is 3. The number of carboxylic acids is 1. The number of nitrogens with two attached hydrogens (primary N) is 1. The van der Waals surface area contributed by atoms with Gasteiger partial charge in [0.2, 0.25) is 15.6 Å². The third-order valence-electron chi connectivity index (χ3n) is 2.25. The molecule has 8 nitrogen and oxygen atoms in total. The maximum atomic E-state index is 12.5. The monoisotopic (exact) mass is 321 g/mol. The van der Waals surface area contributed by atoms with Crippen LogP contribution in [0.5, 0.6) is 0 Å². The molecule has 0 rings (SSSR count). The van der Waals surface area contributed by atoms with Gasteiger partial charge in [-0.05, 0) is 13.3 Å². The number of primary sulfonamides is 1. The van der Waals surface area contributed by atoms with Gasteiger partial charge in [-0.1, -0.05) is 0 Å². The maximum absolute atomic E-state index is 12.5. The molecule has 5 N–H and O–H groups in total. The van der Waals surface area contributed by atoms with Gasteiger partial charge in [0.05, 0.1) is 5.75 Å². The van der Waals surface area contributed by atoms with E-state index in [1.807, 2.05) is 5.32 Å². The fourth-order valence-corrected chi connectivity index (χ4v) is 1.54. The van der Waals surface area contributed by atoms with Gasteiger partial charge in [0.25, 0.3) is 0 Å². The zero-order valence-electron chi connectivity index (χ0n) is 10.3. The van der Waals surface area contributed by atoms with Gasteiger partial charge in [-0.2, -0.15) is 13.2 Å². The van der Waals surface area contributed by atoms with Crippen LogP contribution in [-0.4, -0.2) is 49.5 Å². The zero-order chi connectivity index (χ0) is 16.2. The Kier molecular flexibility index (Phi) is 5.77. The molecule has 0 aliphatic rings. The third-order valence-corrected chi connectivity index (χ3v) is 3.11. The Morgan fingerprint density at radius 2 is 1.80 bits per heavy atom. The Labute approximate surface area is 112 Å². The number of hydrogen-bond acceptors (Lipinski definition) is 4. The van der Waals surface area contributed by atoms with Gasteiger partial charge >= 0.3 is 18.2 Å². The Morgan fingerprint density at radius 1 is 1.30 bits per heavy atom. The van der Waals surface area contributed by atoms with Crippen LogP contribution in [0.3, 0.4) is 0 Å². The molecule has 0 aromatic carbocycles. The molecule has 0 heterocycles. The molecule has 0 spiro atoms. The van der Waals surface area contributed by atoms with Gasteiger partial charge in [-0.3, -0.25) is 0 Å². The largest absolute Gasteiger partial charge is 0.479 e. The summed E-state index contributed by atoms with van der Waals surface area (Å²) in [6, 6.07) is -1.39. The second kappa shape index (κ2) is 6.26. The molecule has 1 atom stereocenters. The van der Waals surface area contributed by atoms with Crippen molar-refractivity contribution in [3.8, 4) is 0 Å². The zero-order valence-corrected chi connectivity index (χ0v) is 11.1. The van der Waals surface area contributed by atoms with Crippen LogP contribution in [0, 0.1) is 0 Å². The number of hydrogen-bond donors (Lipinski definition) is 4. The van der Waals surface area contributed by atoms with Gasteiger partial charge in [0.15, 0.2) is 0 Å². The standard InChI is InChI=1S/C8H14F3N3O5S/c1-7(5(15)16,8(9,10)11)14-6(17)13-3-2-4-20(12,18)19/h2-4H2,1H3,(H,15,16)(H2,12,18,19)(H2,13,14,17). The van der Waals surface area contributed by atoms with Crippen molar-refractivity contribution in [1.29, 1.82) is 0 Å². The van der Waals surface area contributed by atoms with Gasteiger partial charge in [0, 0.05) is 6.54 Å². The number of carboxylic acid groups (broad SMARTS) is 1. The highest BCUT2D eigenvalue weighted by molar-refractivity contribution is 7.89. The summed E-state index contributed by atoms with van der Waals surface area (Å²) in [5, 5.41) is 16.4. The summed E-state index contributed by atoms with van der Waals surface area (Å²) in [7, 11) is -3.74. The molecule has 0 saturated heterocycles. The molecule has 0 aliphatic carbocycles. The molecule has 0 aromatic heterocycles. The molecule has 0 bridgehead atoms. The molecule has 118 valence electrons. The number of amides is 2. The average Bonchev–Trinajstić information content (AvgIpc) is 2.21. The number of urea groups is 1. The first-order chi connectivity index (χ1) is 8.79. The quantitative estimate of drug-likeness (QED) is 0.482. The first-order valence-corrected chi connectivity index (χ1v) is 6.88. The Hall–Kier alpha value is -1.56.